The van der Waals surface area contributed by atoms with E-state index in [0.29, 0.717) is 17.5 Å². The van der Waals surface area contributed by atoms with Gasteiger partial charge in [0, 0.05) is 0 Å². The Balaban J connectivity index is 1.23. The van der Waals surface area contributed by atoms with E-state index in [1.807, 2.05) is 115 Å². The number of nitrogens with one attached hydrogen (secondary N) is 2. The number of carbonyl (C=O) groups excluding carboxylic acids is 4. The number of nitrogens with zero attached hydrogens (tertiary/aromatic N) is 1. The van der Waals surface area contributed by atoms with Gasteiger partial charge in [0.1, 0.15) is 11.4 Å². The van der Waals surface area contributed by atoms with Gasteiger partial charge in [0.2, 0.25) is 0 Å². The Bertz CT molecular complexity index is 2570. The fourth-order valence-corrected chi connectivity index (χ4v) is 18.9. The van der Waals surface area contributed by atoms with E-state index in [1.165, 1.54) is 40.9 Å². The van der Waals surface area contributed by atoms with Gasteiger partial charge in [0.25, 0.3) is 0 Å². The first kappa shape index (κ1) is 45.6. The average molecular weight is 1020 g/mol. The molecule has 0 aromatic heterocycles. The molecule has 10 nitrogen and oxygen atoms in total. The van der Waals surface area contributed by atoms with E-state index in [1.54, 1.807) is 20.8 Å². The molecule has 13 heteroatoms. The number of phenolic OH excluding ortho intramolecular Hbond substituents is 1. The van der Waals surface area contributed by atoms with Crippen molar-refractivity contribution >= 4 is 77.8 Å². The Kier molecular flexibility index (Phi) is 13.2. The van der Waals surface area contributed by atoms with E-state index >= 15 is 4.79 Å². The summed E-state index contributed by atoms with van der Waals surface area (Å²) in [5.74, 6) is -1.50. The van der Waals surface area contributed by atoms with Crippen molar-refractivity contribution in [3.63, 3.8) is 0 Å². The summed E-state index contributed by atoms with van der Waals surface area (Å²) >= 11 is 4.15. The van der Waals surface area contributed by atoms with E-state index in [0.717, 1.165) is 32.6 Å². The molecular weight excluding hydrogens is 969 g/mol. The molecule has 2 aliphatic rings. The zero-order valence-corrected chi connectivity index (χ0v) is 39.9. The number of halogens is 1. The standard InChI is InChI=1S/C52H49IN3O7PS/c1-52(2,3)63-51(61)55-43(35-29-31-39(57)32-30-35)47(58)54-44-48(59)56-45(50(60)62-46(36-19-9-4-10-20-36)37-21-11-5-12-22-37)38(34-65-49(44)56)33-64(53,40-23-13-6-14-24-40,41-25-15-7-16-26-41)42-27-17-8-18-28-42/h4-32,43-44,46,49,57H,33-34H2,1-3H3,(H,54,58)(H,55,61)/t43-,44-,49-/m1/s1. The molecule has 2 heterocycles. The van der Waals surface area contributed by atoms with Crippen molar-refractivity contribution in [3.8, 4) is 5.75 Å². The molecule has 3 atom stereocenters. The molecule has 3 N–H and O–H groups in total. The van der Waals surface area contributed by atoms with Crippen LogP contribution in [0, 0.1) is 0 Å². The van der Waals surface area contributed by atoms with Crippen LogP contribution in [0.3, 0.4) is 0 Å². The molecule has 8 rings (SSSR count). The number of amides is 3. The van der Waals surface area contributed by atoms with Crippen molar-refractivity contribution in [2.24, 2.45) is 0 Å². The summed E-state index contributed by atoms with van der Waals surface area (Å²) in [7, 11) is 0. The number of carbonyl (C=O) groups is 4. The van der Waals surface area contributed by atoms with Gasteiger partial charge in [0.05, 0.1) is 0 Å². The summed E-state index contributed by atoms with van der Waals surface area (Å²) < 4.78 is 8.53. The number of phenols is 1. The van der Waals surface area contributed by atoms with Crippen molar-refractivity contribution in [2.75, 3.05) is 11.9 Å². The molecule has 2 aliphatic heterocycles. The number of aromatic hydroxyl groups is 1. The summed E-state index contributed by atoms with van der Waals surface area (Å²) in [4.78, 5) is 59.0. The van der Waals surface area contributed by atoms with Crippen LogP contribution in [0.25, 0.3) is 0 Å². The van der Waals surface area contributed by atoms with Crippen LogP contribution in [0.1, 0.15) is 49.6 Å². The van der Waals surface area contributed by atoms with Gasteiger partial charge in [-0.2, -0.15) is 0 Å². The molecule has 0 aliphatic carbocycles. The zero-order valence-electron chi connectivity index (χ0n) is 36.0. The van der Waals surface area contributed by atoms with E-state index in [9.17, 15) is 19.5 Å². The number of hydrogen-bond donors (Lipinski definition) is 3. The quantitative estimate of drug-likeness (QED) is 0.0453. The number of alkyl carbamates (subject to hydrolysis) is 1. The minimum atomic E-state index is -3.57. The summed E-state index contributed by atoms with van der Waals surface area (Å²) in [6, 6.07) is 53.7. The summed E-state index contributed by atoms with van der Waals surface area (Å²) in [5.41, 5.74) is 1.93. The summed E-state index contributed by atoms with van der Waals surface area (Å²) in [6.45, 7) is 5.13. The van der Waals surface area contributed by atoms with Gasteiger partial charge in [-0.05, 0) is 20.8 Å². The Hall–Kier alpha value is -5.95. The van der Waals surface area contributed by atoms with Gasteiger partial charge in [-0.1, -0.05) is 0 Å². The average Bonchev–Trinajstić information content (AvgIpc) is 3.32. The normalized spacial score (nSPS) is 17.2. The summed E-state index contributed by atoms with van der Waals surface area (Å²) in [5, 5.41) is 18.2. The van der Waals surface area contributed by atoms with Gasteiger partial charge in [-0.15, -0.1) is 0 Å². The SMILES string of the molecule is CC(C)(C)OC(=O)N[C@@H](C(=O)N[C@@H]1C(=O)N2C(C(=O)OC(c3ccccc3)c3ccccc3)=C(CP(I)(c3ccccc3)(c3ccccc3)c3ccccc3)CS[C@H]12)c1ccc(O)cc1. The maximum absolute atomic E-state index is 15.3. The van der Waals surface area contributed by atoms with E-state index in [-0.39, 0.29) is 11.4 Å². The number of fused-ring (bicyclic) bond motifs is 1. The monoisotopic (exact) mass is 1020 g/mol. The Morgan fingerprint density at radius 3 is 1.65 bits per heavy atom. The van der Waals surface area contributed by atoms with Gasteiger partial charge in [-0.3, -0.25) is 0 Å². The molecule has 6 aromatic rings. The third kappa shape index (κ3) is 9.30. The van der Waals surface area contributed by atoms with Crippen molar-refractivity contribution in [2.45, 2.75) is 49.9 Å². The van der Waals surface area contributed by atoms with Crippen molar-refractivity contribution in [1.29, 1.82) is 0 Å². The topological polar surface area (TPSA) is 134 Å². The number of esters is 1. The predicted molar refractivity (Wildman–Crippen MR) is 267 cm³/mol. The second-order valence-corrected chi connectivity index (χ2v) is 28.7. The van der Waals surface area contributed by atoms with Crippen molar-refractivity contribution in [1.82, 2.24) is 15.5 Å². The predicted octanol–water partition coefficient (Wildman–Crippen LogP) is 8.82. The van der Waals surface area contributed by atoms with Gasteiger partial charge < -0.3 is 5.11 Å². The first-order chi connectivity index (χ1) is 31.2. The number of hydrogen-bond acceptors (Lipinski definition) is 8. The second kappa shape index (κ2) is 18.9. The first-order valence-corrected chi connectivity index (χ1v) is 27.5. The molecule has 0 saturated carbocycles. The molecular formula is C52H49IN3O7PS. The van der Waals surface area contributed by atoms with Gasteiger partial charge >= 0.3 is 361 Å². The number of benzene rings is 6. The molecule has 1 fully saturated rings. The fourth-order valence-electron chi connectivity index (χ4n) is 8.47. The molecule has 0 spiro atoms. The van der Waals surface area contributed by atoms with Crippen molar-refractivity contribution in [3.05, 3.63) is 204 Å². The number of ether oxygens (including phenoxy) is 2. The molecule has 0 bridgehead atoms. The first-order valence-electron chi connectivity index (χ1n) is 21.2. The molecule has 0 unspecified atom stereocenters. The Morgan fingerprint density at radius 1 is 0.723 bits per heavy atom. The number of β-lactam (4-membered cyclic amide) rings is 1. The van der Waals surface area contributed by atoms with Crippen LogP contribution in [0.15, 0.2) is 187 Å². The maximum atomic E-state index is 15.3. The second-order valence-electron chi connectivity index (χ2n) is 17.0. The molecule has 3 amide bonds. The zero-order chi connectivity index (χ0) is 45.8. The molecule has 0 radical (unpaired) electrons. The van der Waals surface area contributed by atoms with Crippen molar-refractivity contribution < 1.29 is 33.8 Å². The fraction of sp³-hybridized carbons (Fsp3) is 0.192. The van der Waals surface area contributed by atoms with E-state index in [2.05, 4.69) is 69.1 Å². The number of rotatable bonds is 13. The third-order valence-electron chi connectivity index (χ3n) is 11.5. The molecule has 1 saturated heterocycles. The van der Waals surface area contributed by atoms with Crippen LogP contribution in [0.2, 0.25) is 0 Å². The molecule has 65 heavy (non-hydrogen) atoms. The third-order valence-corrected chi connectivity index (χ3v) is 24.0. The van der Waals surface area contributed by atoms with Gasteiger partial charge in [0.15, 0.2) is 0 Å². The molecule has 332 valence electrons. The van der Waals surface area contributed by atoms with Gasteiger partial charge in [-0.25, -0.2) is 0 Å². The summed E-state index contributed by atoms with van der Waals surface area (Å²) in [6.07, 6.45) is -1.23. The van der Waals surface area contributed by atoms with E-state index < -0.39 is 57.3 Å². The van der Waals surface area contributed by atoms with Crippen LogP contribution >= 0.6 is 38.0 Å². The number of thioether (sulfide) groups is 1. The van der Waals surface area contributed by atoms with Crippen LogP contribution in [-0.2, 0) is 23.9 Å². The van der Waals surface area contributed by atoms with Crippen LogP contribution in [0.5, 0.6) is 5.75 Å². The Morgan fingerprint density at radius 2 is 1.18 bits per heavy atom. The van der Waals surface area contributed by atoms with Crippen LogP contribution in [0.4, 0.5) is 4.79 Å². The Labute approximate surface area is 396 Å². The molecule has 6 aromatic carbocycles. The minimum absolute atomic E-state index is 0.0238. The van der Waals surface area contributed by atoms with Crippen LogP contribution in [-0.4, -0.2) is 62.8 Å². The van der Waals surface area contributed by atoms with Crippen LogP contribution < -0.4 is 26.5 Å². The van der Waals surface area contributed by atoms with E-state index in [4.69, 9.17) is 9.47 Å².